The Labute approximate surface area is 135 Å². The number of aromatic hydroxyl groups is 1. The second-order valence-corrected chi connectivity index (χ2v) is 6.81. The van der Waals surface area contributed by atoms with Crippen LogP contribution in [0.4, 0.5) is 0 Å². The summed E-state index contributed by atoms with van der Waals surface area (Å²) in [6.07, 6.45) is -0.659. The molecule has 0 spiro atoms. The number of aliphatic hydroxyl groups excluding tert-OH is 1. The summed E-state index contributed by atoms with van der Waals surface area (Å²) in [5, 5.41) is 25.8. The van der Waals surface area contributed by atoms with E-state index < -0.39 is 6.10 Å². The summed E-state index contributed by atoms with van der Waals surface area (Å²) in [5.41, 5.74) is 0.791. The molecular weight excluding hydrogens is 303 g/mol. The highest BCUT2D eigenvalue weighted by Crippen LogP contribution is 2.37. The van der Waals surface area contributed by atoms with Crippen LogP contribution in [0.5, 0.6) is 5.75 Å². The van der Waals surface area contributed by atoms with E-state index in [0.29, 0.717) is 0 Å². The zero-order valence-electron chi connectivity index (χ0n) is 12.3. The standard InChI is InChI=1S/C20H15O2P/c21-15-8-5-14(6-9-15)20(22)19-12-10-17-16-4-2-1-3-13(16)7-11-18(17)23-19/h1-12,20-22H. The summed E-state index contributed by atoms with van der Waals surface area (Å²) < 4.78 is 0. The van der Waals surface area contributed by atoms with Crippen molar-refractivity contribution in [2.24, 2.45) is 0 Å². The molecule has 0 aliphatic rings. The lowest BCUT2D eigenvalue weighted by molar-refractivity contribution is 0.224. The van der Waals surface area contributed by atoms with Crippen molar-refractivity contribution in [2.75, 3.05) is 0 Å². The Morgan fingerprint density at radius 2 is 1.52 bits per heavy atom. The van der Waals surface area contributed by atoms with Crippen LogP contribution >= 0.6 is 8.19 Å². The normalized spacial score (nSPS) is 12.9. The number of phenolic OH excluding ortho intramolecular Hbond substituents is 1. The Morgan fingerprint density at radius 3 is 2.35 bits per heavy atom. The number of phenols is 1. The molecule has 1 atom stereocenters. The van der Waals surface area contributed by atoms with Crippen molar-refractivity contribution in [3.63, 3.8) is 0 Å². The second kappa shape index (κ2) is 5.66. The van der Waals surface area contributed by atoms with Gasteiger partial charge >= 0.3 is 0 Å². The zero-order chi connectivity index (χ0) is 15.8. The molecule has 0 bridgehead atoms. The van der Waals surface area contributed by atoms with Gasteiger partial charge in [-0.05, 0) is 39.9 Å². The lowest BCUT2D eigenvalue weighted by atomic mass is 10.1. The maximum absolute atomic E-state index is 10.6. The van der Waals surface area contributed by atoms with Crippen LogP contribution in [0.1, 0.15) is 17.0 Å². The number of rotatable bonds is 2. The van der Waals surface area contributed by atoms with Gasteiger partial charge in [0.05, 0.1) is 0 Å². The molecule has 0 aliphatic carbocycles. The average molecular weight is 318 g/mol. The average Bonchev–Trinajstić information content (AvgIpc) is 2.61. The van der Waals surface area contributed by atoms with Gasteiger partial charge in [0.2, 0.25) is 0 Å². The molecule has 0 saturated carbocycles. The van der Waals surface area contributed by atoms with Gasteiger partial charge in [-0.25, -0.2) is 0 Å². The van der Waals surface area contributed by atoms with Crippen molar-refractivity contribution in [1.82, 2.24) is 0 Å². The van der Waals surface area contributed by atoms with Gasteiger partial charge < -0.3 is 10.2 Å². The summed E-state index contributed by atoms with van der Waals surface area (Å²) in [6.45, 7) is 0. The van der Waals surface area contributed by atoms with Crippen molar-refractivity contribution in [3.05, 3.63) is 83.7 Å². The van der Waals surface area contributed by atoms with Gasteiger partial charge in [-0.2, -0.15) is 0 Å². The first-order valence-electron chi connectivity index (χ1n) is 7.48. The van der Waals surface area contributed by atoms with E-state index >= 15 is 0 Å². The van der Waals surface area contributed by atoms with E-state index in [1.54, 1.807) is 24.3 Å². The number of fused-ring (bicyclic) bond motifs is 3. The van der Waals surface area contributed by atoms with Crippen molar-refractivity contribution >= 4 is 29.5 Å². The van der Waals surface area contributed by atoms with E-state index in [1.165, 1.54) is 21.3 Å². The van der Waals surface area contributed by atoms with Gasteiger partial charge in [0.15, 0.2) is 0 Å². The minimum absolute atomic E-state index is 0.208. The van der Waals surface area contributed by atoms with E-state index in [9.17, 15) is 10.2 Å². The maximum Gasteiger partial charge on any atom is 0.115 e. The van der Waals surface area contributed by atoms with Crippen LogP contribution in [0.25, 0.3) is 21.3 Å². The zero-order valence-corrected chi connectivity index (χ0v) is 13.2. The molecule has 2 nitrogen and oxygen atoms in total. The minimum Gasteiger partial charge on any atom is -0.508 e. The maximum atomic E-state index is 10.6. The van der Waals surface area contributed by atoms with Crippen LogP contribution < -0.4 is 0 Å². The summed E-state index contributed by atoms with van der Waals surface area (Å²) in [7, 11) is 1.02. The van der Waals surface area contributed by atoms with E-state index in [2.05, 4.69) is 36.4 Å². The molecule has 1 unspecified atom stereocenters. The summed E-state index contributed by atoms with van der Waals surface area (Å²) in [4.78, 5) is 0. The van der Waals surface area contributed by atoms with E-state index in [0.717, 1.165) is 19.1 Å². The summed E-state index contributed by atoms with van der Waals surface area (Å²) in [5.74, 6) is 0.208. The van der Waals surface area contributed by atoms with Crippen LogP contribution in [-0.2, 0) is 0 Å². The Morgan fingerprint density at radius 1 is 0.739 bits per heavy atom. The molecule has 4 aromatic rings. The molecule has 0 saturated heterocycles. The fourth-order valence-corrected chi connectivity index (χ4v) is 4.04. The van der Waals surface area contributed by atoms with Crippen LogP contribution in [0.15, 0.2) is 72.8 Å². The summed E-state index contributed by atoms with van der Waals surface area (Å²) >= 11 is 0. The molecule has 1 heterocycles. The van der Waals surface area contributed by atoms with E-state index in [4.69, 9.17) is 0 Å². The molecule has 4 rings (SSSR count). The van der Waals surface area contributed by atoms with Crippen molar-refractivity contribution in [1.29, 1.82) is 0 Å². The first kappa shape index (κ1) is 14.2. The van der Waals surface area contributed by atoms with Crippen molar-refractivity contribution in [3.8, 4) is 5.75 Å². The third-order valence-electron chi connectivity index (χ3n) is 4.11. The SMILES string of the molecule is Oc1ccc(C(O)c2ccc3c(ccc4ccccc43)p2)cc1. The number of hydrogen-bond donors (Lipinski definition) is 2. The molecule has 112 valence electrons. The lowest BCUT2D eigenvalue weighted by Crippen LogP contribution is -1.96. The van der Waals surface area contributed by atoms with E-state index in [-0.39, 0.29) is 5.75 Å². The van der Waals surface area contributed by atoms with Crippen LogP contribution in [0.3, 0.4) is 0 Å². The highest BCUT2D eigenvalue weighted by Gasteiger charge is 2.12. The molecule has 2 N–H and O–H groups in total. The highest BCUT2D eigenvalue weighted by molar-refractivity contribution is 7.37. The van der Waals surface area contributed by atoms with Crippen LogP contribution in [0, 0.1) is 0 Å². The predicted molar refractivity (Wildman–Crippen MR) is 96.1 cm³/mol. The second-order valence-electron chi connectivity index (χ2n) is 5.58. The molecule has 3 aromatic carbocycles. The molecule has 0 amide bonds. The Bertz CT molecular complexity index is 993. The van der Waals surface area contributed by atoms with Gasteiger partial charge in [-0.3, -0.25) is 0 Å². The largest absolute Gasteiger partial charge is 0.508 e. The topological polar surface area (TPSA) is 40.5 Å². The first-order valence-corrected chi connectivity index (χ1v) is 8.37. The lowest BCUT2D eigenvalue weighted by Gasteiger charge is -2.12. The molecule has 0 radical (unpaired) electrons. The molecule has 3 heteroatoms. The third kappa shape index (κ3) is 2.57. The predicted octanol–water partition coefficient (Wildman–Crippen LogP) is 5.36. The van der Waals surface area contributed by atoms with Gasteiger partial charge in [-0.15, -0.1) is 0 Å². The monoisotopic (exact) mass is 318 g/mol. The van der Waals surface area contributed by atoms with Gasteiger partial charge in [-0.1, -0.05) is 62.8 Å². The molecule has 1 aromatic heterocycles. The molecule has 23 heavy (non-hydrogen) atoms. The van der Waals surface area contributed by atoms with Crippen molar-refractivity contribution < 1.29 is 10.2 Å². The third-order valence-corrected chi connectivity index (χ3v) is 5.39. The molecule has 0 aliphatic heterocycles. The Kier molecular flexibility index (Phi) is 3.49. The van der Waals surface area contributed by atoms with Crippen molar-refractivity contribution in [2.45, 2.75) is 6.10 Å². The molecule has 0 fully saturated rings. The molecular formula is C20H15O2P. The number of aliphatic hydroxyl groups is 1. The fraction of sp³-hybridized carbons (Fsp3) is 0.0500. The first-order chi connectivity index (χ1) is 11.2. The Hall–Kier alpha value is -2.41. The van der Waals surface area contributed by atoms with Crippen LogP contribution in [0.2, 0.25) is 0 Å². The summed E-state index contributed by atoms with van der Waals surface area (Å²) in [6, 6.07) is 23.4. The van der Waals surface area contributed by atoms with E-state index in [1.807, 2.05) is 12.1 Å². The van der Waals surface area contributed by atoms with Gasteiger partial charge in [0.25, 0.3) is 0 Å². The highest BCUT2D eigenvalue weighted by atomic mass is 31.0. The minimum atomic E-state index is -0.659. The quantitative estimate of drug-likeness (QED) is 0.488. The van der Waals surface area contributed by atoms with Crippen LogP contribution in [-0.4, -0.2) is 10.2 Å². The Balaban J connectivity index is 1.82. The van der Waals surface area contributed by atoms with Gasteiger partial charge in [0, 0.05) is 10.4 Å². The number of hydrogen-bond acceptors (Lipinski definition) is 2. The number of benzene rings is 3. The fourth-order valence-electron chi connectivity index (χ4n) is 2.88. The van der Waals surface area contributed by atoms with Gasteiger partial charge in [0.1, 0.15) is 11.9 Å². The smallest absolute Gasteiger partial charge is 0.115 e.